The first kappa shape index (κ1) is 18.0. The van der Waals surface area contributed by atoms with Crippen molar-refractivity contribution in [1.29, 1.82) is 0 Å². The third-order valence-corrected chi connectivity index (χ3v) is 3.00. The van der Waals surface area contributed by atoms with Crippen molar-refractivity contribution in [2.45, 2.75) is 46.6 Å². The highest BCUT2D eigenvalue weighted by Gasteiger charge is 2.21. The van der Waals surface area contributed by atoms with E-state index < -0.39 is 23.6 Å². The number of hydrogen-bond donors (Lipinski definition) is 2. The fourth-order valence-corrected chi connectivity index (χ4v) is 2.24. The highest BCUT2D eigenvalue weighted by molar-refractivity contribution is 5.73. The monoisotopic (exact) mass is 307 g/mol. The molecule has 5 nitrogen and oxygen atoms in total. The number of amides is 1. The lowest BCUT2D eigenvalue weighted by molar-refractivity contribution is -0.141. The summed E-state index contributed by atoms with van der Waals surface area (Å²) in [4.78, 5) is 23.0. The number of nitrogens with one attached hydrogen (secondary N) is 1. The Morgan fingerprint density at radius 3 is 2.18 bits per heavy atom. The minimum absolute atomic E-state index is 0.0389. The molecular weight excluding hydrogens is 282 g/mol. The molecule has 0 spiro atoms. The zero-order chi connectivity index (χ0) is 16.9. The lowest BCUT2D eigenvalue weighted by atomic mass is 9.96. The van der Waals surface area contributed by atoms with Crippen LogP contribution in [0.4, 0.5) is 4.79 Å². The van der Waals surface area contributed by atoms with Crippen LogP contribution in [0.1, 0.15) is 37.5 Å². The van der Waals surface area contributed by atoms with Crippen molar-refractivity contribution in [2.24, 2.45) is 5.92 Å². The van der Waals surface area contributed by atoms with Crippen LogP contribution in [0.15, 0.2) is 18.2 Å². The fraction of sp³-hybridized carbons (Fsp3) is 0.529. The SMILES string of the molecule is Cc1cc(C)cc(C[C@@H](CNC(=O)OC(C)(C)C)C(=O)O)c1. The summed E-state index contributed by atoms with van der Waals surface area (Å²) in [6.07, 6.45) is -0.229. The molecular formula is C17H25NO4. The van der Waals surface area contributed by atoms with E-state index in [2.05, 4.69) is 5.32 Å². The average molecular weight is 307 g/mol. The van der Waals surface area contributed by atoms with Crippen LogP contribution in [0.3, 0.4) is 0 Å². The first-order valence-corrected chi connectivity index (χ1v) is 7.33. The molecule has 0 unspecified atom stereocenters. The molecule has 0 fully saturated rings. The van der Waals surface area contributed by atoms with Crippen LogP contribution in [0.2, 0.25) is 0 Å². The van der Waals surface area contributed by atoms with Crippen molar-refractivity contribution in [3.05, 3.63) is 34.9 Å². The van der Waals surface area contributed by atoms with Gasteiger partial charge in [-0.25, -0.2) is 4.79 Å². The zero-order valence-corrected chi connectivity index (χ0v) is 13.9. The first-order chi connectivity index (χ1) is 10.1. The number of carboxylic acid groups (broad SMARTS) is 1. The number of aliphatic carboxylic acids is 1. The minimum Gasteiger partial charge on any atom is -0.481 e. The molecule has 1 rings (SSSR count). The Morgan fingerprint density at radius 1 is 1.18 bits per heavy atom. The molecule has 0 saturated carbocycles. The lowest BCUT2D eigenvalue weighted by Gasteiger charge is -2.21. The normalized spacial score (nSPS) is 12.6. The molecule has 1 amide bonds. The number of carbonyl (C=O) groups is 2. The molecule has 0 aliphatic rings. The van der Waals surface area contributed by atoms with E-state index in [4.69, 9.17) is 4.74 Å². The van der Waals surface area contributed by atoms with Gasteiger partial charge in [0.15, 0.2) is 0 Å². The topological polar surface area (TPSA) is 75.6 Å². The molecule has 5 heteroatoms. The summed E-state index contributed by atoms with van der Waals surface area (Å²) >= 11 is 0. The maximum absolute atomic E-state index is 11.6. The van der Waals surface area contributed by atoms with Crippen LogP contribution in [-0.2, 0) is 16.0 Å². The molecule has 22 heavy (non-hydrogen) atoms. The van der Waals surface area contributed by atoms with Gasteiger partial charge in [0, 0.05) is 6.54 Å². The molecule has 0 aromatic heterocycles. The van der Waals surface area contributed by atoms with Crippen LogP contribution < -0.4 is 5.32 Å². The number of hydrogen-bond acceptors (Lipinski definition) is 3. The third kappa shape index (κ3) is 6.61. The Bertz CT molecular complexity index is 526. The van der Waals surface area contributed by atoms with Crippen LogP contribution in [-0.4, -0.2) is 29.3 Å². The van der Waals surface area contributed by atoms with E-state index in [1.54, 1.807) is 20.8 Å². The quantitative estimate of drug-likeness (QED) is 0.876. The Balaban J connectivity index is 2.66. The van der Waals surface area contributed by atoms with Gasteiger partial charge in [-0.3, -0.25) is 4.79 Å². The molecule has 2 N–H and O–H groups in total. The lowest BCUT2D eigenvalue weighted by Crippen LogP contribution is -2.37. The predicted octanol–water partition coefficient (Wildman–Crippen LogP) is 3.07. The van der Waals surface area contributed by atoms with Crippen molar-refractivity contribution in [3.8, 4) is 0 Å². The number of rotatable bonds is 5. The van der Waals surface area contributed by atoms with Gasteiger partial charge in [0.25, 0.3) is 0 Å². The summed E-state index contributed by atoms with van der Waals surface area (Å²) in [7, 11) is 0. The Kier molecular flexibility index (Phi) is 5.97. The summed E-state index contributed by atoms with van der Waals surface area (Å²) in [5.74, 6) is -1.62. The molecule has 1 aromatic rings. The van der Waals surface area contributed by atoms with Crippen molar-refractivity contribution in [2.75, 3.05) is 6.54 Å². The molecule has 0 saturated heterocycles. The van der Waals surface area contributed by atoms with Crippen molar-refractivity contribution in [1.82, 2.24) is 5.32 Å². The van der Waals surface area contributed by atoms with Gasteiger partial charge in [0.1, 0.15) is 5.60 Å². The van der Waals surface area contributed by atoms with E-state index in [1.165, 1.54) is 0 Å². The molecule has 1 aromatic carbocycles. The Hall–Kier alpha value is -2.04. The van der Waals surface area contributed by atoms with Gasteiger partial charge in [-0.2, -0.15) is 0 Å². The summed E-state index contributed by atoms with van der Waals surface area (Å²) in [5, 5.41) is 11.9. The second kappa shape index (κ2) is 7.29. The maximum atomic E-state index is 11.6. The van der Waals surface area contributed by atoms with Gasteiger partial charge in [0.05, 0.1) is 5.92 Å². The largest absolute Gasteiger partial charge is 0.481 e. The van der Waals surface area contributed by atoms with Crippen LogP contribution in [0.25, 0.3) is 0 Å². The van der Waals surface area contributed by atoms with Gasteiger partial charge >= 0.3 is 12.1 Å². The fourth-order valence-electron chi connectivity index (χ4n) is 2.24. The van der Waals surface area contributed by atoms with E-state index in [1.807, 2.05) is 32.0 Å². The van der Waals surface area contributed by atoms with Crippen molar-refractivity contribution < 1.29 is 19.4 Å². The number of alkyl carbamates (subject to hydrolysis) is 1. The molecule has 0 aliphatic heterocycles. The maximum Gasteiger partial charge on any atom is 0.407 e. The highest BCUT2D eigenvalue weighted by atomic mass is 16.6. The van der Waals surface area contributed by atoms with E-state index in [9.17, 15) is 14.7 Å². The second-order valence-electron chi connectivity index (χ2n) is 6.62. The van der Waals surface area contributed by atoms with Gasteiger partial charge in [-0.05, 0) is 46.6 Å². The standard InChI is InChI=1S/C17H25NO4/c1-11-6-12(2)8-13(7-11)9-14(15(19)20)10-18-16(21)22-17(3,4)5/h6-8,14H,9-10H2,1-5H3,(H,18,21)(H,19,20)/t14-/m0/s1. The number of carboxylic acids is 1. The molecule has 122 valence electrons. The Morgan fingerprint density at radius 2 is 1.73 bits per heavy atom. The van der Waals surface area contributed by atoms with E-state index in [0.29, 0.717) is 6.42 Å². The van der Waals surface area contributed by atoms with Gasteiger partial charge < -0.3 is 15.2 Å². The van der Waals surface area contributed by atoms with Gasteiger partial charge in [-0.1, -0.05) is 29.3 Å². The summed E-state index contributed by atoms with van der Waals surface area (Å²) in [6.45, 7) is 9.28. The number of carbonyl (C=O) groups excluding carboxylic acids is 1. The minimum atomic E-state index is -0.935. The number of aryl methyl sites for hydroxylation is 2. The van der Waals surface area contributed by atoms with E-state index in [-0.39, 0.29) is 6.54 Å². The average Bonchev–Trinajstić information content (AvgIpc) is 2.30. The summed E-state index contributed by atoms with van der Waals surface area (Å²) < 4.78 is 5.11. The van der Waals surface area contributed by atoms with Crippen LogP contribution in [0, 0.1) is 19.8 Å². The van der Waals surface area contributed by atoms with E-state index >= 15 is 0 Å². The van der Waals surface area contributed by atoms with Crippen molar-refractivity contribution in [3.63, 3.8) is 0 Å². The molecule has 0 bridgehead atoms. The number of ether oxygens (including phenoxy) is 1. The summed E-state index contributed by atoms with van der Waals surface area (Å²) in [5.41, 5.74) is 2.55. The summed E-state index contributed by atoms with van der Waals surface area (Å²) in [6, 6.07) is 5.98. The smallest absolute Gasteiger partial charge is 0.407 e. The molecule has 1 atom stereocenters. The predicted molar refractivity (Wildman–Crippen MR) is 85.0 cm³/mol. The van der Waals surface area contributed by atoms with Crippen LogP contribution in [0.5, 0.6) is 0 Å². The van der Waals surface area contributed by atoms with Gasteiger partial charge in [-0.15, -0.1) is 0 Å². The molecule has 0 aliphatic carbocycles. The van der Waals surface area contributed by atoms with E-state index in [0.717, 1.165) is 16.7 Å². The Labute approximate surface area is 131 Å². The highest BCUT2D eigenvalue weighted by Crippen LogP contribution is 2.14. The third-order valence-electron chi connectivity index (χ3n) is 3.00. The molecule has 0 heterocycles. The van der Waals surface area contributed by atoms with Crippen LogP contribution >= 0.6 is 0 Å². The zero-order valence-electron chi connectivity index (χ0n) is 13.9. The first-order valence-electron chi connectivity index (χ1n) is 7.33. The number of benzene rings is 1. The second-order valence-corrected chi connectivity index (χ2v) is 6.62. The molecule has 0 radical (unpaired) electrons. The van der Waals surface area contributed by atoms with Crippen molar-refractivity contribution >= 4 is 12.1 Å². The van der Waals surface area contributed by atoms with Gasteiger partial charge in [0.2, 0.25) is 0 Å².